The Morgan fingerprint density at radius 3 is 1.55 bits per heavy atom. The fourth-order valence-electron chi connectivity index (χ4n) is 9.30. The Kier molecular flexibility index (Phi) is 18.9. The number of aliphatic hydroxyl groups excluding tert-OH is 9. The van der Waals surface area contributed by atoms with Crippen molar-refractivity contribution in [2.75, 3.05) is 43.7 Å². The predicted molar refractivity (Wildman–Crippen MR) is 270 cm³/mol. The molecule has 0 saturated carbocycles. The number of anilines is 3. The highest BCUT2D eigenvalue weighted by molar-refractivity contribution is 6.19. The van der Waals surface area contributed by atoms with Gasteiger partial charge in [-0.05, 0) is 91.9 Å². The van der Waals surface area contributed by atoms with E-state index in [2.05, 4.69) is 20.9 Å². The molecule has 5 aliphatic rings. The Hall–Kier alpha value is -5.17. The van der Waals surface area contributed by atoms with Gasteiger partial charge >= 0.3 is 0 Å². The van der Waals surface area contributed by atoms with E-state index in [1.54, 1.807) is 24.3 Å². The third-order valence-corrected chi connectivity index (χ3v) is 13.5. The Morgan fingerprint density at radius 1 is 0.573 bits per heavy atom. The number of nitrogens with one attached hydrogen (secondary N) is 3. The minimum absolute atomic E-state index is 0.142. The van der Waals surface area contributed by atoms with Crippen LogP contribution in [-0.2, 0) is 38.0 Å². The third kappa shape index (κ3) is 13.3. The highest BCUT2D eigenvalue weighted by Crippen LogP contribution is 2.35. The van der Waals surface area contributed by atoms with E-state index in [0.717, 1.165) is 34.0 Å². The number of aliphatic hydroxyl groups is 9. The number of hydrogen-bond acceptors (Lipinski definition) is 23. The van der Waals surface area contributed by atoms with Crippen molar-refractivity contribution in [3.8, 4) is 0 Å². The zero-order chi connectivity index (χ0) is 53.5. The monoisotopic (exact) mass is 1050 g/mol. The van der Waals surface area contributed by atoms with Crippen molar-refractivity contribution in [2.24, 2.45) is 21.5 Å². The molecular weight excluding hydrogens is 983 g/mol. The Balaban J connectivity index is 0.974. The molecule has 408 valence electrons. The molecule has 3 aromatic carbocycles. The molecule has 1 aliphatic carbocycles. The molecule has 8 rings (SSSR count). The molecule has 24 heteroatoms. The number of rotatable bonds is 17. The lowest BCUT2D eigenvalue weighted by molar-refractivity contribution is -0.354. The first-order valence-electron chi connectivity index (χ1n) is 24.6. The second-order valence-electron chi connectivity index (χ2n) is 18.9. The summed E-state index contributed by atoms with van der Waals surface area (Å²) in [5.74, 6) is -0.459. The zero-order valence-electron chi connectivity index (χ0n) is 41.1. The summed E-state index contributed by atoms with van der Waals surface area (Å²) in [5.41, 5.74) is 18.8. The number of benzene rings is 3. The summed E-state index contributed by atoms with van der Waals surface area (Å²) in [5, 5.41) is 106. The highest BCUT2D eigenvalue weighted by atomic mass is 16.8. The van der Waals surface area contributed by atoms with E-state index in [9.17, 15) is 50.8 Å². The van der Waals surface area contributed by atoms with Gasteiger partial charge in [0, 0.05) is 24.0 Å². The van der Waals surface area contributed by atoms with Crippen molar-refractivity contribution in [1.29, 1.82) is 0 Å². The van der Waals surface area contributed by atoms with Gasteiger partial charge in [-0.2, -0.15) is 0 Å². The molecule has 1 amide bonds. The van der Waals surface area contributed by atoms with Crippen LogP contribution in [0.5, 0.6) is 0 Å². The number of carbonyl (C=O) groups excluding carboxylic acids is 1. The third-order valence-electron chi connectivity index (χ3n) is 13.5. The van der Waals surface area contributed by atoms with Crippen LogP contribution >= 0.6 is 0 Å². The van der Waals surface area contributed by atoms with Crippen LogP contribution in [0, 0.1) is 6.92 Å². The van der Waals surface area contributed by atoms with Gasteiger partial charge in [-0.25, -0.2) is 9.98 Å². The molecule has 0 bridgehead atoms. The van der Waals surface area contributed by atoms with Crippen LogP contribution in [0.3, 0.4) is 0 Å². The maximum atomic E-state index is 12.2. The normalized spacial score (nSPS) is 35.9. The standard InChI is InChI=1S/C51H67N7O17/c1-24-3-5-26(6-4-24)55-27-7-9-28(10-8-27)56-29-11-13-30(14-12-29)57-31-15-17-32(18-16-31)58-40-45(68)48(74-49-38(52)43(66)42(65)34(19-59)70-49)37(22-62)72-51(40)75-47-36(21-61)71-50(39(53)44(47)67)73-46-35(20-60)69-23-33(41(46)64)54-25(2)63/h3-18,33-51,57-62,64-68H,19-23,52-53H2,1-2H3,(H,54,63)/t33?,34?,35?,36?,37?,38?,39?,40?,41-,42-,43-,44-,45-,46-,47-,48-,49+,50+,51+/m1/s1. The predicted octanol–water partition coefficient (Wildman–Crippen LogP) is -1.85. The van der Waals surface area contributed by atoms with E-state index in [4.69, 9.17) is 49.6 Å². The molecule has 0 aromatic heterocycles. The number of nitrogens with zero attached hydrogens (tertiary/aromatic N) is 2. The lowest BCUT2D eigenvalue weighted by Crippen LogP contribution is -2.69. The number of hydrogen-bond donors (Lipinski definition) is 14. The molecule has 4 aliphatic heterocycles. The van der Waals surface area contributed by atoms with E-state index in [1.165, 1.54) is 6.92 Å². The SMILES string of the molecule is CC(=O)NC1COC(CO)[C@@H](O[C@@H]2OC(CO)[C@@H](O[C@@H]3OC(CO)[C@@H](O[C@@H]4OC(CO)[C@@H](O)[C@H](O)C4N)[C@H](O)C3Nc3ccc(Nc4ccc(N=C5C=CC(=Nc6ccc(C)cc6)C=C5)cc4)cc3)[C@H](O)C2N)[C@@H]1O. The number of amides is 1. The average Bonchev–Trinajstić information content (AvgIpc) is 3.41. The summed E-state index contributed by atoms with van der Waals surface area (Å²) >= 11 is 0. The van der Waals surface area contributed by atoms with Crippen LogP contribution in [0.4, 0.5) is 28.4 Å². The molecule has 19 atom stereocenters. The second kappa shape index (κ2) is 25.3. The smallest absolute Gasteiger partial charge is 0.217 e. The van der Waals surface area contributed by atoms with Gasteiger partial charge in [-0.15, -0.1) is 0 Å². The topological polar surface area (TPSA) is 377 Å². The molecule has 3 aromatic rings. The lowest BCUT2D eigenvalue weighted by Gasteiger charge is -2.50. The first-order valence-corrected chi connectivity index (χ1v) is 24.6. The quantitative estimate of drug-likeness (QED) is 0.0660. The average molecular weight is 1050 g/mol. The van der Waals surface area contributed by atoms with Gasteiger partial charge in [-0.3, -0.25) is 4.79 Å². The first-order chi connectivity index (χ1) is 36.1. The Bertz CT molecular complexity index is 2450. The fourth-order valence-corrected chi connectivity index (χ4v) is 9.30. The van der Waals surface area contributed by atoms with E-state index in [-0.39, 0.29) is 6.61 Å². The molecule has 8 unspecified atom stereocenters. The van der Waals surface area contributed by atoms with Crippen molar-refractivity contribution in [3.05, 3.63) is 103 Å². The molecule has 0 spiro atoms. The van der Waals surface area contributed by atoms with E-state index < -0.39 is 149 Å². The van der Waals surface area contributed by atoms with Gasteiger partial charge in [0.1, 0.15) is 79.3 Å². The molecule has 24 nitrogen and oxygen atoms in total. The van der Waals surface area contributed by atoms with E-state index in [1.807, 2.05) is 79.8 Å². The van der Waals surface area contributed by atoms with Crippen molar-refractivity contribution >= 4 is 45.8 Å². The van der Waals surface area contributed by atoms with E-state index >= 15 is 0 Å². The van der Waals surface area contributed by atoms with Crippen LogP contribution in [0.1, 0.15) is 12.5 Å². The highest BCUT2D eigenvalue weighted by Gasteiger charge is 2.54. The van der Waals surface area contributed by atoms with Gasteiger partial charge < -0.3 is 107 Å². The number of ether oxygens (including phenoxy) is 7. The Labute approximate surface area is 431 Å². The minimum atomic E-state index is -1.70. The maximum absolute atomic E-state index is 12.2. The zero-order valence-corrected chi connectivity index (χ0v) is 41.1. The van der Waals surface area contributed by atoms with Crippen molar-refractivity contribution in [2.45, 2.75) is 130 Å². The summed E-state index contributed by atoms with van der Waals surface area (Å²) in [6.07, 6.45) is -14.6. The summed E-state index contributed by atoms with van der Waals surface area (Å²) in [6.45, 7) is 0.236. The number of allylic oxidation sites excluding steroid dienone is 4. The molecule has 4 saturated heterocycles. The van der Waals surface area contributed by atoms with Crippen LogP contribution < -0.4 is 27.4 Å². The van der Waals surface area contributed by atoms with Gasteiger partial charge in [0.15, 0.2) is 18.9 Å². The van der Waals surface area contributed by atoms with Gasteiger partial charge in [0.25, 0.3) is 0 Å². The van der Waals surface area contributed by atoms with Gasteiger partial charge in [0.2, 0.25) is 5.91 Å². The van der Waals surface area contributed by atoms with Crippen molar-refractivity contribution in [1.82, 2.24) is 5.32 Å². The van der Waals surface area contributed by atoms with Crippen LogP contribution in [0.25, 0.3) is 0 Å². The molecule has 75 heavy (non-hydrogen) atoms. The van der Waals surface area contributed by atoms with Crippen molar-refractivity contribution in [3.63, 3.8) is 0 Å². The van der Waals surface area contributed by atoms with Gasteiger partial charge in [0.05, 0.1) is 74.0 Å². The number of nitrogens with two attached hydrogens (primary N) is 2. The summed E-state index contributed by atoms with van der Waals surface area (Å²) in [7, 11) is 0. The molecule has 0 radical (unpaired) electrons. The first kappa shape index (κ1) is 56.0. The molecule has 4 fully saturated rings. The summed E-state index contributed by atoms with van der Waals surface area (Å²) in [4.78, 5) is 21.2. The van der Waals surface area contributed by atoms with Crippen LogP contribution in [0.15, 0.2) is 107 Å². The molecular formula is C51H67N7O17. The van der Waals surface area contributed by atoms with Crippen LogP contribution in [0.2, 0.25) is 0 Å². The number of aryl methyl sites for hydroxylation is 1. The Morgan fingerprint density at radius 2 is 1.01 bits per heavy atom. The molecule has 4 heterocycles. The number of carbonyl (C=O) groups is 1. The molecule has 16 N–H and O–H groups in total. The fraction of sp³-hybridized carbons (Fsp3) is 0.510. The number of aliphatic imine (C=N–C) groups is 2. The minimum Gasteiger partial charge on any atom is -0.394 e. The second-order valence-corrected chi connectivity index (χ2v) is 18.9. The van der Waals surface area contributed by atoms with E-state index in [0.29, 0.717) is 11.4 Å². The summed E-state index contributed by atoms with van der Waals surface area (Å²) in [6, 6.07) is 17.2. The lowest BCUT2D eigenvalue weighted by atomic mass is 9.93. The largest absolute Gasteiger partial charge is 0.394 e. The van der Waals surface area contributed by atoms with Gasteiger partial charge in [-0.1, -0.05) is 17.7 Å². The summed E-state index contributed by atoms with van der Waals surface area (Å²) < 4.78 is 42.0. The maximum Gasteiger partial charge on any atom is 0.217 e. The van der Waals surface area contributed by atoms with Crippen LogP contribution in [-0.4, -0.2) is 213 Å². The van der Waals surface area contributed by atoms with Crippen molar-refractivity contribution < 1.29 is 83.9 Å².